The number of hydrogen-bond acceptors (Lipinski definition) is 5. The SMILES string of the molecule is CN(C)c1nnc([C@H]2CC[C@@H](CCl)O2)o1. The molecule has 0 saturated carbocycles. The Hall–Kier alpha value is -0.810. The third kappa shape index (κ3) is 2.23. The Balaban J connectivity index is 2.04. The zero-order chi connectivity index (χ0) is 10.8. The molecular weight excluding hydrogens is 218 g/mol. The molecular formula is C9H14ClN3O2. The number of aromatic nitrogens is 2. The summed E-state index contributed by atoms with van der Waals surface area (Å²) in [5.41, 5.74) is 0. The van der Waals surface area contributed by atoms with Gasteiger partial charge in [0.05, 0.1) is 6.10 Å². The highest BCUT2D eigenvalue weighted by Crippen LogP contribution is 2.32. The van der Waals surface area contributed by atoms with Crippen LogP contribution in [0.15, 0.2) is 4.42 Å². The van der Waals surface area contributed by atoms with Crippen LogP contribution in [-0.2, 0) is 4.74 Å². The first-order valence-electron chi connectivity index (χ1n) is 4.93. The van der Waals surface area contributed by atoms with E-state index in [-0.39, 0.29) is 12.2 Å². The average molecular weight is 232 g/mol. The van der Waals surface area contributed by atoms with E-state index in [9.17, 15) is 0 Å². The maximum Gasteiger partial charge on any atom is 0.317 e. The van der Waals surface area contributed by atoms with Crippen molar-refractivity contribution in [1.82, 2.24) is 10.2 Å². The molecule has 6 heteroatoms. The van der Waals surface area contributed by atoms with E-state index in [1.165, 1.54) is 0 Å². The molecule has 0 bridgehead atoms. The average Bonchev–Trinajstić information content (AvgIpc) is 2.86. The Morgan fingerprint density at radius 3 is 2.73 bits per heavy atom. The number of halogens is 1. The highest BCUT2D eigenvalue weighted by atomic mass is 35.5. The summed E-state index contributed by atoms with van der Waals surface area (Å²) < 4.78 is 11.1. The van der Waals surface area contributed by atoms with Crippen molar-refractivity contribution in [3.05, 3.63) is 5.89 Å². The number of hydrogen-bond donors (Lipinski definition) is 0. The van der Waals surface area contributed by atoms with Crippen LogP contribution in [0.1, 0.15) is 24.8 Å². The van der Waals surface area contributed by atoms with Gasteiger partial charge in [-0.3, -0.25) is 0 Å². The summed E-state index contributed by atoms with van der Waals surface area (Å²) in [7, 11) is 3.71. The van der Waals surface area contributed by atoms with Crippen LogP contribution >= 0.6 is 11.6 Å². The predicted molar refractivity (Wildman–Crippen MR) is 56.2 cm³/mol. The van der Waals surface area contributed by atoms with Gasteiger partial charge in [-0.05, 0) is 12.8 Å². The topological polar surface area (TPSA) is 51.4 Å². The molecule has 1 aromatic heterocycles. The van der Waals surface area contributed by atoms with Crippen LogP contribution < -0.4 is 4.90 Å². The third-order valence-electron chi connectivity index (χ3n) is 2.37. The molecule has 2 rings (SSSR count). The van der Waals surface area contributed by atoms with Gasteiger partial charge in [-0.15, -0.1) is 16.7 Å². The third-order valence-corrected chi connectivity index (χ3v) is 2.71. The fourth-order valence-electron chi connectivity index (χ4n) is 1.54. The second-order valence-electron chi connectivity index (χ2n) is 3.80. The van der Waals surface area contributed by atoms with E-state index < -0.39 is 0 Å². The van der Waals surface area contributed by atoms with Gasteiger partial charge in [0.25, 0.3) is 0 Å². The van der Waals surface area contributed by atoms with Crippen LogP contribution in [0.2, 0.25) is 0 Å². The lowest BCUT2D eigenvalue weighted by atomic mass is 10.2. The van der Waals surface area contributed by atoms with Gasteiger partial charge in [0, 0.05) is 20.0 Å². The van der Waals surface area contributed by atoms with Crippen molar-refractivity contribution in [2.75, 3.05) is 24.9 Å². The summed E-state index contributed by atoms with van der Waals surface area (Å²) in [5, 5.41) is 7.87. The monoisotopic (exact) mass is 231 g/mol. The highest BCUT2D eigenvalue weighted by Gasteiger charge is 2.30. The van der Waals surface area contributed by atoms with Crippen molar-refractivity contribution in [1.29, 1.82) is 0 Å². The Morgan fingerprint density at radius 2 is 2.20 bits per heavy atom. The molecule has 0 aliphatic carbocycles. The van der Waals surface area contributed by atoms with Gasteiger partial charge in [-0.1, -0.05) is 5.10 Å². The Labute approximate surface area is 93.4 Å². The van der Waals surface area contributed by atoms with E-state index >= 15 is 0 Å². The number of alkyl halides is 1. The Morgan fingerprint density at radius 1 is 1.40 bits per heavy atom. The lowest BCUT2D eigenvalue weighted by Crippen LogP contribution is -2.08. The molecule has 1 fully saturated rings. The van der Waals surface area contributed by atoms with Crippen LogP contribution in [0.25, 0.3) is 0 Å². The summed E-state index contributed by atoms with van der Waals surface area (Å²) in [4.78, 5) is 1.77. The van der Waals surface area contributed by atoms with Crippen LogP contribution in [0, 0.1) is 0 Å². The standard InChI is InChI=1S/C9H14ClN3O2/c1-13(2)9-12-11-8(15-9)7-4-3-6(5-10)14-7/h6-7H,3-5H2,1-2H3/t6-,7+/m0/s1. The molecule has 2 heterocycles. The van der Waals surface area contributed by atoms with Crippen molar-refractivity contribution in [2.45, 2.75) is 25.0 Å². The molecule has 1 aromatic rings. The normalized spacial score (nSPS) is 25.8. The minimum Gasteiger partial charge on any atom is -0.405 e. The molecule has 2 atom stereocenters. The molecule has 1 aliphatic rings. The van der Waals surface area contributed by atoms with Gasteiger partial charge in [0.15, 0.2) is 0 Å². The van der Waals surface area contributed by atoms with Gasteiger partial charge in [-0.25, -0.2) is 0 Å². The molecule has 0 N–H and O–H groups in total. The summed E-state index contributed by atoms with van der Waals surface area (Å²) in [6.07, 6.45) is 1.88. The number of rotatable bonds is 3. The second kappa shape index (κ2) is 4.37. The lowest BCUT2D eigenvalue weighted by molar-refractivity contribution is 0.0410. The number of anilines is 1. The zero-order valence-electron chi connectivity index (χ0n) is 8.81. The van der Waals surface area contributed by atoms with Crippen LogP contribution in [0.3, 0.4) is 0 Å². The van der Waals surface area contributed by atoms with E-state index in [1.807, 2.05) is 14.1 Å². The second-order valence-corrected chi connectivity index (χ2v) is 4.10. The molecule has 84 valence electrons. The van der Waals surface area contributed by atoms with E-state index in [1.54, 1.807) is 4.90 Å². The Kier molecular flexibility index (Phi) is 3.11. The predicted octanol–water partition coefficient (Wildman–Crippen LogP) is 1.59. The fraction of sp³-hybridized carbons (Fsp3) is 0.778. The van der Waals surface area contributed by atoms with E-state index in [4.69, 9.17) is 20.8 Å². The number of nitrogens with zero attached hydrogens (tertiary/aromatic N) is 3. The smallest absolute Gasteiger partial charge is 0.317 e. The molecule has 0 aromatic carbocycles. The van der Waals surface area contributed by atoms with E-state index in [0.29, 0.717) is 17.8 Å². The Bertz CT molecular complexity index is 329. The van der Waals surface area contributed by atoms with Crippen molar-refractivity contribution < 1.29 is 9.15 Å². The first-order chi connectivity index (χ1) is 7.20. The molecule has 15 heavy (non-hydrogen) atoms. The largest absolute Gasteiger partial charge is 0.405 e. The minimum absolute atomic E-state index is 0.0880. The highest BCUT2D eigenvalue weighted by molar-refractivity contribution is 6.18. The molecule has 1 aliphatic heterocycles. The first-order valence-corrected chi connectivity index (χ1v) is 5.46. The molecule has 0 spiro atoms. The van der Waals surface area contributed by atoms with E-state index in [2.05, 4.69) is 10.2 Å². The molecule has 0 unspecified atom stereocenters. The van der Waals surface area contributed by atoms with Gasteiger partial charge in [0.2, 0.25) is 5.89 Å². The van der Waals surface area contributed by atoms with Gasteiger partial charge >= 0.3 is 6.01 Å². The number of ether oxygens (including phenoxy) is 1. The van der Waals surface area contributed by atoms with Crippen LogP contribution in [0.4, 0.5) is 6.01 Å². The first kappa shape index (κ1) is 10.7. The molecule has 5 nitrogen and oxygen atoms in total. The maximum atomic E-state index is 5.72. The van der Waals surface area contributed by atoms with Gasteiger partial charge in [-0.2, -0.15) is 0 Å². The molecule has 0 amide bonds. The van der Waals surface area contributed by atoms with Crippen molar-refractivity contribution in [2.24, 2.45) is 0 Å². The van der Waals surface area contributed by atoms with E-state index in [0.717, 1.165) is 12.8 Å². The van der Waals surface area contributed by atoms with Crippen LogP contribution in [0.5, 0.6) is 0 Å². The minimum atomic E-state index is -0.0880. The molecule has 1 saturated heterocycles. The summed E-state index contributed by atoms with van der Waals surface area (Å²) in [6, 6.07) is 0.503. The van der Waals surface area contributed by atoms with Crippen molar-refractivity contribution in [3.63, 3.8) is 0 Å². The maximum absolute atomic E-state index is 5.72. The fourth-order valence-corrected chi connectivity index (χ4v) is 1.77. The van der Waals surface area contributed by atoms with Gasteiger partial charge in [0.1, 0.15) is 6.10 Å². The molecule has 0 radical (unpaired) electrons. The van der Waals surface area contributed by atoms with Crippen LogP contribution in [-0.4, -0.2) is 36.3 Å². The summed E-state index contributed by atoms with van der Waals surface area (Å²) >= 11 is 5.72. The summed E-state index contributed by atoms with van der Waals surface area (Å²) in [5.74, 6) is 1.07. The van der Waals surface area contributed by atoms with Crippen molar-refractivity contribution in [3.8, 4) is 0 Å². The quantitative estimate of drug-likeness (QED) is 0.740. The zero-order valence-corrected chi connectivity index (χ0v) is 9.57. The van der Waals surface area contributed by atoms with Gasteiger partial charge < -0.3 is 14.1 Å². The summed E-state index contributed by atoms with van der Waals surface area (Å²) in [6.45, 7) is 0. The van der Waals surface area contributed by atoms with Crippen molar-refractivity contribution >= 4 is 17.6 Å². The lowest BCUT2D eigenvalue weighted by Gasteiger charge is -2.07.